The fourth-order valence-corrected chi connectivity index (χ4v) is 6.35. The van der Waals surface area contributed by atoms with E-state index in [0.29, 0.717) is 5.78 Å². The van der Waals surface area contributed by atoms with E-state index < -0.39 is 0 Å². The molecule has 3 heterocycles. The zero-order valence-electron chi connectivity index (χ0n) is 24.4. The Morgan fingerprint density at radius 1 is 0.558 bits per heavy atom. The average molecular weight is 555 g/mol. The molecule has 0 aliphatic carbocycles. The van der Waals surface area contributed by atoms with E-state index in [1.165, 1.54) is 44.2 Å². The maximum atomic E-state index is 4.98. The van der Waals surface area contributed by atoms with E-state index in [9.17, 15) is 0 Å². The SMILES string of the molecule is Cc1ccc2c(c1)c1cc(C)ccc1n2-c1ccc(-c2cnc3nc(-c4ccccc4)c(-c4ccccc4)n3c2)cc1C. The Hall–Kier alpha value is -5.48. The quantitative estimate of drug-likeness (QED) is 0.217. The fourth-order valence-electron chi connectivity index (χ4n) is 6.35. The lowest BCUT2D eigenvalue weighted by Gasteiger charge is -2.13. The maximum absolute atomic E-state index is 4.98. The fraction of sp³-hybridized carbons (Fsp3) is 0.0769. The normalized spacial score (nSPS) is 11.6. The van der Waals surface area contributed by atoms with Crippen molar-refractivity contribution in [3.63, 3.8) is 0 Å². The Kier molecular flexibility index (Phi) is 5.76. The smallest absolute Gasteiger partial charge is 0.234 e. The Morgan fingerprint density at radius 3 is 1.81 bits per heavy atom. The molecule has 0 saturated carbocycles. The summed E-state index contributed by atoms with van der Waals surface area (Å²) >= 11 is 0. The van der Waals surface area contributed by atoms with Crippen LogP contribution in [0.4, 0.5) is 0 Å². The lowest BCUT2D eigenvalue weighted by molar-refractivity contribution is 1.11. The summed E-state index contributed by atoms with van der Waals surface area (Å²) in [5.74, 6) is 0.686. The monoisotopic (exact) mass is 554 g/mol. The van der Waals surface area contributed by atoms with E-state index in [-0.39, 0.29) is 0 Å². The lowest BCUT2D eigenvalue weighted by atomic mass is 10.0. The van der Waals surface area contributed by atoms with Gasteiger partial charge in [0.1, 0.15) is 0 Å². The van der Waals surface area contributed by atoms with Gasteiger partial charge in [-0.25, -0.2) is 9.97 Å². The Balaban J connectivity index is 1.29. The van der Waals surface area contributed by atoms with Crippen LogP contribution in [0.15, 0.2) is 128 Å². The minimum absolute atomic E-state index is 0.686. The van der Waals surface area contributed by atoms with Gasteiger partial charge in [-0.15, -0.1) is 0 Å². The third-order valence-corrected chi connectivity index (χ3v) is 8.42. The molecule has 0 atom stereocenters. The summed E-state index contributed by atoms with van der Waals surface area (Å²) < 4.78 is 4.54. The van der Waals surface area contributed by atoms with Crippen LogP contribution in [0.1, 0.15) is 16.7 Å². The lowest BCUT2D eigenvalue weighted by Crippen LogP contribution is -1.98. The van der Waals surface area contributed by atoms with E-state index in [0.717, 1.165) is 33.6 Å². The van der Waals surface area contributed by atoms with Crippen LogP contribution in [-0.4, -0.2) is 18.9 Å². The first kappa shape index (κ1) is 25.2. The number of aromatic nitrogens is 4. The molecule has 206 valence electrons. The second-order valence-electron chi connectivity index (χ2n) is 11.4. The summed E-state index contributed by atoms with van der Waals surface area (Å²) in [6, 6.07) is 41.0. The number of benzene rings is 5. The van der Waals surface area contributed by atoms with Crippen molar-refractivity contribution in [2.75, 3.05) is 0 Å². The molecule has 8 rings (SSSR count). The highest BCUT2D eigenvalue weighted by atomic mass is 15.1. The summed E-state index contributed by atoms with van der Waals surface area (Å²) in [6.07, 6.45) is 4.11. The first-order chi connectivity index (χ1) is 21.0. The van der Waals surface area contributed by atoms with E-state index in [1.807, 2.05) is 18.3 Å². The van der Waals surface area contributed by atoms with Crippen molar-refractivity contribution in [2.45, 2.75) is 20.8 Å². The van der Waals surface area contributed by atoms with Gasteiger partial charge in [-0.1, -0.05) is 90.0 Å². The second kappa shape index (κ2) is 9.81. The van der Waals surface area contributed by atoms with Gasteiger partial charge in [0.25, 0.3) is 0 Å². The average Bonchev–Trinajstić information content (AvgIpc) is 3.57. The molecule has 43 heavy (non-hydrogen) atoms. The van der Waals surface area contributed by atoms with Gasteiger partial charge in [0, 0.05) is 45.5 Å². The van der Waals surface area contributed by atoms with Crippen LogP contribution in [0.5, 0.6) is 0 Å². The van der Waals surface area contributed by atoms with Crippen LogP contribution < -0.4 is 0 Å². The Labute approximate surface area is 250 Å². The molecule has 8 aromatic rings. The predicted molar refractivity (Wildman–Crippen MR) is 178 cm³/mol. The van der Waals surface area contributed by atoms with Gasteiger partial charge in [0.05, 0.1) is 22.4 Å². The largest absolute Gasteiger partial charge is 0.309 e. The number of nitrogens with zero attached hydrogens (tertiary/aromatic N) is 4. The van der Waals surface area contributed by atoms with Crippen molar-refractivity contribution < 1.29 is 0 Å². The number of aryl methyl sites for hydroxylation is 3. The topological polar surface area (TPSA) is 35.1 Å². The van der Waals surface area contributed by atoms with Crippen molar-refractivity contribution >= 4 is 27.6 Å². The molecule has 0 aliphatic rings. The Morgan fingerprint density at radius 2 is 1.19 bits per heavy atom. The standard InChI is InChI=1S/C39H30N4/c1-25-14-17-35-32(20-25)33-21-26(2)15-18-36(33)43(35)34-19-16-30(22-27(34)3)31-23-40-39-41-37(28-10-6-4-7-11-28)38(42(39)24-31)29-12-8-5-9-13-29/h4-24H,1-3H3. The van der Waals surface area contributed by atoms with Crippen LogP contribution in [0.3, 0.4) is 0 Å². The number of hydrogen-bond acceptors (Lipinski definition) is 2. The van der Waals surface area contributed by atoms with Crippen molar-refractivity contribution in [3.05, 3.63) is 144 Å². The molecule has 0 amide bonds. The van der Waals surface area contributed by atoms with Gasteiger partial charge in [0.2, 0.25) is 5.78 Å². The molecule has 0 spiro atoms. The third kappa shape index (κ3) is 4.14. The highest BCUT2D eigenvalue weighted by Crippen LogP contribution is 2.36. The van der Waals surface area contributed by atoms with Gasteiger partial charge in [0.15, 0.2) is 0 Å². The van der Waals surface area contributed by atoms with Gasteiger partial charge < -0.3 is 4.57 Å². The molecule has 0 aliphatic heterocycles. The summed E-state index contributed by atoms with van der Waals surface area (Å²) in [6.45, 7) is 6.52. The van der Waals surface area contributed by atoms with Gasteiger partial charge in [-0.05, 0) is 68.3 Å². The van der Waals surface area contributed by atoms with Gasteiger partial charge in [-0.3, -0.25) is 4.40 Å². The molecule has 4 heteroatoms. The molecule has 4 nitrogen and oxygen atoms in total. The molecule has 0 fully saturated rings. The summed E-state index contributed by atoms with van der Waals surface area (Å²) in [7, 11) is 0. The van der Waals surface area contributed by atoms with Crippen molar-refractivity contribution in [1.29, 1.82) is 0 Å². The first-order valence-electron chi connectivity index (χ1n) is 14.7. The zero-order chi connectivity index (χ0) is 29.1. The van der Waals surface area contributed by atoms with E-state index in [2.05, 4.69) is 139 Å². The predicted octanol–water partition coefficient (Wildman–Crippen LogP) is 9.75. The van der Waals surface area contributed by atoms with Crippen molar-refractivity contribution in [1.82, 2.24) is 18.9 Å². The van der Waals surface area contributed by atoms with Gasteiger partial charge >= 0.3 is 0 Å². The summed E-state index contributed by atoms with van der Waals surface area (Å²) in [5, 5.41) is 2.58. The highest BCUT2D eigenvalue weighted by Gasteiger charge is 2.18. The molecule has 0 bridgehead atoms. The molecule has 0 N–H and O–H groups in total. The summed E-state index contributed by atoms with van der Waals surface area (Å²) in [5.41, 5.74) is 13.7. The molecule has 0 unspecified atom stereocenters. The zero-order valence-corrected chi connectivity index (χ0v) is 24.4. The van der Waals surface area contributed by atoms with Crippen molar-refractivity contribution in [3.8, 4) is 39.3 Å². The highest BCUT2D eigenvalue weighted by molar-refractivity contribution is 6.09. The molecule has 0 radical (unpaired) electrons. The van der Waals surface area contributed by atoms with Crippen LogP contribution in [0.25, 0.3) is 66.9 Å². The van der Waals surface area contributed by atoms with Crippen LogP contribution >= 0.6 is 0 Å². The minimum Gasteiger partial charge on any atom is -0.309 e. The molecule has 3 aromatic heterocycles. The molecule has 5 aromatic carbocycles. The number of imidazole rings is 1. The minimum atomic E-state index is 0.686. The number of fused-ring (bicyclic) bond motifs is 4. The molecular weight excluding hydrogens is 524 g/mol. The number of rotatable bonds is 4. The molecule has 0 saturated heterocycles. The van der Waals surface area contributed by atoms with Crippen LogP contribution in [0.2, 0.25) is 0 Å². The van der Waals surface area contributed by atoms with Crippen molar-refractivity contribution in [2.24, 2.45) is 0 Å². The maximum Gasteiger partial charge on any atom is 0.234 e. The number of hydrogen-bond donors (Lipinski definition) is 0. The van der Waals surface area contributed by atoms with E-state index >= 15 is 0 Å². The van der Waals surface area contributed by atoms with E-state index in [1.54, 1.807) is 0 Å². The van der Waals surface area contributed by atoms with Crippen LogP contribution in [-0.2, 0) is 0 Å². The summed E-state index contributed by atoms with van der Waals surface area (Å²) in [4.78, 5) is 9.82. The molecular formula is C39H30N4. The second-order valence-corrected chi connectivity index (χ2v) is 11.4. The first-order valence-corrected chi connectivity index (χ1v) is 14.7. The van der Waals surface area contributed by atoms with Gasteiger partial charge in [-0.2, -0.15) is 0 Å². The third-order valence-electron chi connectivity index (χ3n) is 8.42. The van der Waals surface area contributed by atoms with E-state index in [4.69, 9.17) is 9.97 Å². The van der Waals surface area contributed by atoms with Crippen LogP contribution in [0, 0.1) is 20.8 Å². The Bertz CT molecular complexity index is 2250.